The lowest BCUT2D eigenvalue weighted by molar-refractivity contribution is 0.102. The lowest BCUT2D eigenvalue weighted by Gasteiger charge is -2.05. The summed E-state index contributed by atoms with van der Waals surface area (Å²) in [5.41, 5.74) is 2.92. The first kappa shape index (κ1) is 10.8. The molecule has 0 bridgehead atoms. The monoisotopic (exact) mass is 236 g/mol. The Kier molecular flexibility index (Phi) is 2.96. The third kappa shape index (κ3) is 2.25. The van der Waals surface area contributed by atoms with E-state index >= 15 is 0 Å². The van der Waals surface area contributed by atoms with Crippen LogP contribution < -0.4 is 5.32 Å². The molecule has 0 aliphatic rings. The maximum Gasteiger partial charge on any atom is 0.275 e. The maximum atomic E-state index is 13.3. The van der Waals surface area contributed by atoms with E-state index in [2.05, 4.69) is 10.3 Å². The number of amides is 1. The first-order chi connectivity index (χ1) is 7.66. The zero-order valence-corrected chi connectivity index (χ0v) is 9.34. The van der Waals surface area contributed by atoms with Gasteiger partial charge in [0.1, 0.15) is 11.5 Å². The van der Waals surface area contributed by atoms with Gasteiger partial charge in [0.2, 0.25) is 0 Å². The molecule has 2 aromatic rings. The van der Waals surface area contributed by atoms with Crippen LogP contribution in [0, 0.1) is 12.7 Å². The van der Waals surface area contributed by atoms with Crippen LogP contribution in [0.4, 0.5) is 10.1 Å². The fourth-order valence-electron chi connectivity index (χ4n) is 1.25. The first-order valence-electron chi connectivity index (χ1n) is 4.62. The Bertz CT molecular complexity index is 511. The van der Waals surface area contributed by atoms with Gasteiger partial charge in [-0.25, -0.2) is 9.37 Å². The number of rotatable bonds is 2. The van der Waals surface area contributed by atoms with Gasteiger partial charge in [-0.2, -0.15) is 0 Å². The minimum Gasteiger partial charge on any atom is -0.318 e. The van der Waals surface area contributed by atoms with Gasteiger partial charge in [0.15, 0.2) is 0 Å². The second kappa shape index (κ2) is 4.40. The number of thiazole rings is 1. The number of anilines is 1. The lowest BCUT2D eigenvalue weighted by Crippen LogP contribution is -2.13. The number of hydrogen-bond acceptors (Lipinski definition) is 3. The number of carbonyl (C=O) groups is 1. The number of aromatic nitrogens is 1. The van der Waals surface area contributed by atoms with Gasteiger partial charge in [-0.15, -0.1) is 11.3 Å². The molecule has 82 valence electrons. The fourth-order valence-corrected chi connectivity index (χ4v) is 1.78. The molecule has 16 heavy (non-hydrogen) atoms. The first-order valence-corrected chi connectivity index (χ1v) is 5.57. The molecule has 1 heterocycles. The summed E-state index contributed by atoms with van der Waals surface area (Å²) < 4.78 is 13.3. The van der Waals surface area contributed by atoms with E-state index in [9.17, 15) is 9.18 Å². The van der Waals surface area contributed by atoms with Gasteiger partial charge in [0.05, 0.1) is 11.2 Å². The number of carbonyl (C=O) groups excluding carboxylic acids is 1. The molecule has 1 aromatic carbocycles. The second-order valence-electron chi connectivity index (χ2n) is 3.31. The molecule has 0 radical (unpaired) electrons. The topological polar surface area (TPSA) is 42.0 Å². The maximum absolute atomic E-state index is 13.3. The van der Waals surface area contributed by atoms with Gasteiger partial charge in [0.25, 0.3) is 5.91 Å². The number of aryl methyl sites for hydroxylation is 1. The normalized spacial score (nSPS) is 10.1. The molecule has 0 aliphatic heterocycles. The Hall–Kier alpha value is -1.75. The summed E-state index contributed by atoms with van der Waals surface area (Å²) in [4.78, 5) is 15.5. The van der Waals surface area contributed by atoms with E-state index in [0.717, 1.165) is 5.56 Å². The van der Waals surface area contributed by atoms with Crippen LogP contribution in [0.25, 0.3) is 0 Å². The Morgan fingerprint density at radius 1 is 1.50 bits per heavy atom. The number of nitrogens with zero attached hydrogens (tertiary/aromatic N) is 1. The van der Waals surface area contributed by atoms with Crippen molar-refractivity contribution in [2.45, 2.75) is 6.92 Å². The Morgan fingerprint density at radius 3 is 3.00 bits per heavy atom. The molecule has 5 heteroatoms. The molecule has 0 spiro atoms. The van der Waals surface area contributed by atoms with Crippen molar-refractivity contribution >= 4 is 22.9 Å². The van der Waals surface area contributed by atoms with Crippen molar-refractivity contribution in [2.24, 2.45) is 0 Å². The number of nitrogens with one attached hydrogen (secondary N) is 1. The molecule has 1 N–H and O–H groups in total. The van der Waals surface area contributed by atoms with Gasteiger partial charge in [-0.3, -0.25) is 4.79 Å². The van der Waals surface area contributed by atoms with E-state index in [4.69, 9.17) is 0 Å². The largest absolute Gasteiger partial charge is 0.318 e. The predicted molar refractivity (Wildman–Crippen MR) is 61.2 cm³/mol. The summed E-state index contributed by atoms with van der Waals surface area (Å²) in [5.74, 6) is -0.847. The van der Waals surface area contributed by atoms with E-state index in [1.165, 1.54) is 17.4 Å². The van der Waals surface area contributed by atoms with Crippen LogP contribution in [0.1, 0.15) is 16.1 Å². The summed E-state index contributed by atoms with van der Waals surface area (Å²) in [6, 6.07) is 4.55. The van der Waals surface area contributed by atoms with Gasteiger partial charge < -0.3 is 5.32 Å². The molecular weight excluding hydrogens is 227 g/mol. The Morgan fingerprint density at radius 2 is 2.31 bits per heavy atom. The smallest absolute Gasteiger partial charge is 0.275 e. The van der Waals surface area contributed by atoms with Crippen LogP contribution in [0.15, 0.2) is 29.1 Å². The van der Waals surface area contributed by atoms with Crippen molar-refractivity contribution in [1.82, 2.24) is 4.98 Å². The molecule has 2 rings (SSSR count). The number of hydrogen-bond donors (Lipinski definition) is 1. The zero-order valence-electron chi connectivity index (χ0n) is 8.53. The van der Waals surface area contributed by atoms with Crippen LogP contribution in [0.3, 0.4) is 0 Å². The molecular formula is C11H9FN2OS. The second-order valence-corrected chi connectivity index (χ2v) is 4.03. The summed E-state index contributed by atoms with van der Waals surface area (Å²) in [7, 11) is 0. The average Bonchev–Trinajstić information content (AvgIpc) is 2.76. The van der Waals surface area contributed by atoms with E-state index in [1.807, 2.05) is 6.92 Å². The summed E-state index contributed by atoms with van der Waals surface area (Å²) >= 11 is 1.32. The van der Waals surface area contributed by atoms with Gasteiger partial charge in [-0.05, 0) is 24.6 Å². The molecule has 1 aromatic heterocycles. The van der Waals surface area contributed by atoms with E-state index in [0.29, 0.717) is 5.69 Å². The molecule has 3 nitrogen and oxygen atoms in total. The SMILES string of the molecule is Cc1ccc(F)c(NC(=O)c2cscn2)c1. The highest BCUT2D eigenvalue weighted by Gasteiger charge is 2.10. The van der Waals surface area contributed by atoms with E-state index in [-0.39, 0.29) is 5.69 Å². The summed E-state index contributed by atoms with van der Waals surface area (Å²) in [5, 5.41) is 4.10. The fraction of sp³-hybridized carbons (Fsp3) is 0.0909. The molecule has 1 amide bonds. The average molecular weight is 236 g/mol. The van der Waals surface area contributed by atoms with Crippen molar-refractivity contribution in [3.05, 3.63) is 46.2 Å². The van der Waals surface area contributed by atoms with Crippen LogP contribution in [-0.2, 0) is 0 Å². The zero-order chi connectivity index (χ0) is 11.5. The van der Waals surface area contributed by atoms with Crippen molar-refractivity contribution in [1.29, 1.82) is 0 Å². The molecule has 0 atom stereocenters. The standard InChI is InChI=1S/C11H9FN2OS/c1-7-2-3-8(12)9(4-7)14-11(15)10-5-16-6-13-10/h2-6H,1H3,(H,14,15). The molecule has 0 unspecified atom stereocenters. The van der Waals surface area contributed by atoms with Crippen molar-refractivity contribution in [3.8, 4) is 0 Å². The Labute approximate surface area is 96.0 Å². The van der Waals surface area contributed by atoms with Crippen molar-refractivity contribution in [2.75, 3.05) is 5.32 Å². The minimum absolute atomic E-state index is 0.179. The molecule has 0 saturated heterocycles. The third-order valence-corrected chi connectivity index (χ3v) is 2.62. The highest BCUT2D eigenvalue weighted by atomic mass is 32.1. The van der Waals surface area contributed by atoms with Crippen LogP contribution >= 0.6 is 11.3 Å². The highest BCUT2D eigenvalue weighted by Crippen LogP contribution is 2.16. The van der Waals surface area contributed by atoms with Gasteiger partial charge in [-0.1, -0.05) is 6.07 Å². The van der Waals surface area contributed by atoms with E-state index in [1.54, 1.807) is 23.0 Å². The number of halogens is 1. The number of benzene rings is 1. The van der Waals surface area contributed by atoms with Crippen molar-refractivity contribution in [3.63, 3.8) is 0 Å². The summed E-state index contributed by atoms with van der Waals surface area (Å²) in [6.45, 7) is 1.83. The molecule has 0 aliphatic carbocycles. The quantitative estimate of drug-likeness (QED) is 0.871. The predicted octanol–water partition coefficient (Wildman–Crippen LogP) is 2.84. The van der Waals surface area contributed by atoms with E-state index < -0.39 is 11.7 Å². The van der Waals surface area contributed by atoms with Crippen molar-refractivity contribution < 1.29 is 9.18 Å². The Balaban J connectivity index is 2.21. The van der Waals surface area contributed by atoms with Gasteiger partial charge >= 0.3 is 0 Å². The molecule has 0 fully saturated rings. The van der Waals surface area contributed by atoms with Crippen LogP contribution in [0.2, 0.25) is 0 Å². The third-order valence-electron chi connectivity index (χ3n) is 2.04. The van der Waals surface area contributed by atoms with Gasteiger partial charge in [0, 0.05) is 5.38 Å². The minimum atomic E-state index is -0.450. The molecule has 0 saturated carbocycles. The van der Waals surface area contributed by atoms with Crippen LogP contribution in [-0.4, -0.2) is 10.9 Å². The highest BCUT2D eigenvalue weighted by molar-refractivity contribution is 7.07. The van der Waals surface area contributed by atoms with Crippen LogP contribution in [0.5, 0.6) is 0 Å². The lowest BCUT2D eigenvalue weighted by atomic mass is 10.2. The summed E-state index contributed by atoms with van der Waals surface area (Å²) in [6.07, 6.45) is 0.